The van der Waals surface area contributed by atoms with E-state index in [-0.39, 0.29) is 17.3 Å². The molecule has 17 heavy (non-hydrogen) atoms. The molecule has 2 fully saturated rings. The number of fused-ring (bicyclic) bond motifs is 1. The normalized spacial score (nSPS) is 31.1. The molecule has 1 aliphatic carbocycles. The summed E-state index contributed by atoms with van der Waals surface area (Å²) in [7, 11) is 2.06. The van der Waals surface area contributed by atoms with Gasteiger partial charge in [-0.2, -0.15) is 0 Å². The minimum absolute atomic E-state index is 0.0435. The molecule has 3 rings (SSSR count). The van der Waals surface area contributed by atoms with Crippen molar-refractivity contribution in [3.05, 3.63) is 35.6 Å². The van der Waals surface area contributed by atoms with Crippen molar-refractivity contribution >= 4 is 5.91 Å². The van der Waals surface area contributed by atoms with Crippen molar-refractivity contribution in [2.75, 3.05) is 20.1 Å². The summed E-state index contributed by atoms with van der Waals surface area (Å²) in [6.07, 6.45) is 1.05. The van der Waals surface area contributed by atoms with Crippen LogP contribution >= 0.6 is 0 Å². The van der Waals surface area contributed by atoms with Gasteiger partial charge in [-0.1, -0.05) is 6.07 Å². The third-order valence-corrected chi connectivity index (χ3v) is 3.77. The zero-order valence-electron chi connectivity index (χ0n) is 9.74. The molecule has 2 aliphatic rings. The lowest BCUT2D eigenvalue weighted by molar-refractivity contribution is 0.0928. The van der Waals surface area contributed by atoms with E-state index in [4.69, 9.17) is 0 Å². The van der Waals surface area contributed by atoms with Gasteiger partial charge in [-0.3, -0.25) is 4.79 Å². The van der Waals surface area contributed by atoms with Crippen LogP contribution in [0.4, 0.5) is 4.39 Å². The Hall–Kier alpha value is -1.42. The number of carbonyl (C=O) groups excluding carboxylic acids is 1. The molecule has 0 spiro atoms. The van der Waals surface area contributed by atoms with E-state index in [1.54, 1.807) is 12.1 Å². The Labute approximate surface area is 99.6 Å². The summed E-state index contributed by atoms with van der Waals surface area (Å²) < 4.78 is 13.0. The topological polar surface area (TPSA) is 32.3 Å². The van der Waals surface area contributed by atoms with Gasteiger partial charge in [0.05, 0.1) is 5.54 Å². The van der Waals surface area contributed by atoms with Crippen LogP contribution in [0.5, 0.6) is 0 Å². The van der Waals surface area contributed by atoms with E-state index in [0.29, 0.717) is 11.5 Å². The highest BCUT2D eigenvalue weighted by atomic mass is 19.1. The van der Waals surface area contributed by atoms with E-state index in [1.807, 2.05) is 0 Å². The van der Waals surface area contributed by atoms with Gasteiger partial charge in [0.15, 0.2) is 0 Å². The number of amides is 1. The molecule has 1 aromatic carbocycles. The third kappa shape index (κ3) is 1.82. The van der Waals surface area contributed by atoms with Crippen LogP contribution in [0.3, 0.4) is 0 Å². The van der Waals surface area contributed by atoms with Gasteiger partial charge in [0.25, 0.3) is 5.91 Å². The molecule has 4 heteroatoms. The molecule has 1 saturated carbocycles. The van der Waals surface area contributed by atoms with E-state index in [1.165, 1.54) is 12.1 Å². The van der Waals surface area contributed by atoms with Crippen LogP contribution < -0.4 is 5.32 Å². The van der Waals surface area contributed by atoms with Crippen LogP contribution in [0.2, 0.25) is 0 Å². The molecule has 1 aliphatic heterocycles. The number of hydrogen-bond acceptors (Lipinski definition) is 2. The minimum Gasteiger partial charge on any atom is -0.345 e. The molecule has 0 radical (unpaired) electrons. The molecule has 1 aromatic rings. The quantitative estimate of drug-likeness (QED) is 0.835. The second-order valence-corrected chi connectivity index (χ2v) is 5.22. The van der Waals surface area contributed by atoms with Crippen molar-refractivity contribution in [2.45, 2.75) is 12.0 Å². The summed E-state index contributed by atoms with van der Waals surface area (Å²) in [5.74, 6) is 0.0401. The number of carbonyl (C=O) groups is 1. The zero-order valence-corrected chi connectivity index (χ0v) is 9.74. The van der Waals surface area contributed by atoms with Crippen molar-refractivity contribution in [3.8, 4) is 0 Å². The van der Waals surface area contributed by atoms with E-state index in [2.05, 4.69) is 17.3 Å². The Bertz CT molecular complexity index is 476. The highest BCUT2D eigenvalue weighted by Gasteiger charge is 2.60. The van der Waals surface area contributed by atoms with Gasteiger partial charge in [-0.05, 0) is 37.6 Å². The molecule has 2 atom stereocenters. The van der Waals surface area contributed by atoms with Crippen molar-refractivity contribution in [3.63, 3.8) is 0 Å². The fourth-order valence-corrected chi connectivity index (χ4v) is 2.86. The Balaban J connectivity index is 1.73. The van der Waals surface area contributed by atoms with Gasteiger partial charge in [0.1, 0.15) is 5.82 Å². The number of nitrogens with one attached hydrogen (secondary N) is 1. The van der Waals surface area contributed by atoms with Crippen molar-refractivity contribution in [2.24, 2.45) is 5.92 Å². The first-order valence-corrected chi connectivity index (χ1v) is 5.86. The van der Waals surface area contributed by atoms with Crippen molar-refractivity contribution < 1.29 is 9.18 Å². The second-order valence-electron chi connectivity index (χ2n) is 5.22. The SMILES string of the molecule is CN1CC2C[C@@]2(NC(=O)c2cccc(F)c2)C1. The molecule has 1 N–H and O–H groups in total. The summed E-state index contributed by atoms with van der Waals surface area (Å²) in [6, 6.07) is 5.83. The van der Waals surface area contributed by atoms with Crippen LogP contribution in [-0.4, -0.2) is 36.5 Å². The average Bonchev–Trinajstić information content (AvgIpc) is 2.80. The Morgan fingerprint density at radius 3 is 3.06 bits per heavy atom. The van der Waals surface area contributed by atoms with Gasteiger partial charge in [-0.15, -0.1) is 0 Å². The summed E-state index contributed by atoms with van der Waals surface area (Å²) in [6.45, 7) is 1.95. The van der Waals surface area contributed by atoms with Crippen LogP contribution in [0.25, 0.3) is 0 Å². The van der Waals surface area contributed by atoms with Crippen LogP contribution in [0.15, 0.2) is 24.3 Å². The maximum absolute atomic E-state index is 13.0. The van der Waals surface area contributed by atoms with E-state index in [9.17, 15) is 9.18 Å². The van der Waals surface area contributed by atoms with Crippen LogP contribution in [0.1, 0.15) is 16.8 Å². The number of halogens is 1. The first-order valence-electron chi connectivity index (χ1n) is 5.86. The van der Waals surface area contributed by atoms with Gasteiger partial charge in [0, 0.05) is 18.7 Å². The fraction of sp³-hybridized carbons (Fsp3) is 0.462. The molecule has 1 unspecified atom stereocenters. The van der Waals surface area contributed by atoms with Gasteiger partial charge < -0.3 is 10.2 Å². The Morgan fingerprint density at radius 1 is 1.59 bits per heavy atom. The average molecular weight is 234 g/mol. The number of hydrogen-bond donors (Lipinski definition) is 1. The van der Waals surface area contributed by atoms with E-state index in [0.717, 1.165) is 19.5 Å². The molecule has 3 nitrogen and oxygen atoms in total. The molecular weight excluding hydrogens is 219 g/mol. The molecule has 1 heterocycles. The monoisotopic (exact) mass is 234 g/mol. The maximum atomic E-state index is 13.0. The van der Waals surface area contributed by atoms with Gasteiger partial charge in [-0.25, -0.2) is 4.39 Å². The van der Waals surface area contributed by atoms with Crippen molar-refractivity contribution in [1.82, 2.24) is 10.2 Å². The lowest BCUT2D eigenvalue weighted by Gasteiger charge is -2.17. The number of piperidine rings is 1. The smallest absolute Gasteiger partial charge is 0.251 e. The highest BCUT2D eigenvalue weighted by molar-refractivity contribution is 5.95. The van der Waals surface area contributed by atoms with E-state index < -0.39 is 0 Å². The first kappa shape index (κ1) is 10.7. The number of rotatable bonds is 2. The predicted octanol–water partition coefficient (Wildman–Crippen LogP) is 1.26. The van der Waals surface area contributed by atoms with Crippen LogP contribution in [0, 0.1) is 11.7 Å². The second kappa shape index (κ2) is 3.53. The molecule has 0 bridgehead atoms. The maximum Gasteiger partial charge on any atom is 0.251 e. The lowest BCUT2D eigenvalue weighted by Crippen LogP contribution is -2.41. The molecule has 0 aromatic heterocycles. The standard InChI is InChI=1S/C13H15FN2O/c1-16-7-10-6-13(10,8-16)15-12(17)9-3-2-4-11(14)5-9/h2-5,10H,6-8H2,1H3,(H,15,17)/t10?,13-/m1/s1. The predicted molar refractivity (Wildman–Crippen MR) is 62.2 cm³/mol. The molecule has 1 amide bonds. The summed E-state index contributed by atoms with van der Waals surface area (Å²) in [5.41, 5.74) is 0.359. The number of likely N-dealkylation sites (N-methyl/N-ethyl adjacent to an activating group) is 1. The van der Waals surface area contributed by atoms with E-state index >= 15 is 0 Å². The third-order valence-electron chi connectivity index (χ3n) is 3.77. The number of nitrogens with zero attached hydrogens (tertiary/aromatic N) is 1. The number of benzene rings is 1. The Morgan fingerprint density at radius 2 is 2.41 bits per heavy atom. The van der Waals surface area contributed by atoms with Gasteiger partial charge in [0.2, 0.25) is 0 Å². The van der Waals surface area contributed by atoms with Gasteiger partial charge >= 0.3 is 0 Å². The van der Waals surface area contributed by atoms with Crippen LogP contribution in [-0.2, 0) is 0 Å². The molecular formula is C13H15FN2O. The minimum atomic E-state index is -0.369. The molecule has 90 valence electrons. The first-order chi connectivity index (χ1) is 8.09. The highest BCUT2D eigenvalue weighted by Crippen LogP contribution is 2.49. The summed E-state index contributed by atoms with van der Waals surface area (Å²) in [5, 5.41) is 3.06. The zero-order chi connectivity index (χ0) is 12.0. The summed E-state index contributed by atoms with van der Waals surface area (Å²) >= 11 is 0. The Kier molecular flexibility index (Phi) is 2.23. The largest absolute Gasteiger partial charge is 0.345 e. The fourth-order valence-electron chi connectivity index (χ4n) is 2.86. The molecule has 1 saturated heterocycles. The lowest BCUT2D eigenvalue weighted by atomic mass is 10.1. The number of likely N-dealkylation sites (tertiary alicyclic amines) is 1. The van der Waals surface area contributed by atoms with Crippen molar-refractivity contribution in [1.29, 1.82) is 0 Å². The summed E-state index contributed by atoms with van der Waals surface area (Å²) in [4.78, 5) is 14.2.